The summed E-state index contributed by atoms with van der Waals surface area (Å²) in [6.07, 6.45) is 3.48. The molecule has 5 rings (SSSR count). The van der Waals surface area contributed by atoms with Crippen LogP contribution >= 0.6 is 0 Å². The SMILES string of the molecule is Cc1nnc([C@H](C)N2C[C@H]3CCC[C@@]3(c3nc(-c4ccccc4)no3)C2)o1. The van der Waals surface area contributed by atoms with Crippen molar-refractivity contribution in [2.45, 2.75) is 44.6 Å². The van der Waals surface area contributed by atoms with Crippen LogP contribution in [0.3, 0.4) is 0 Å². The minimum Gasteiger partial charge on any atom is -0.424 e. The van der Waals surface area contributed by atoms with Gasteiger partial charge in [-0.25, -0.2) is 0 Å². The van der Waals surface area contributed by atoms with Crippen molar-refractivity contribution >= 4 is 0 Å². The summed E-state index contributed by atoms with van der Waals surface area (Å²) in [6, 6.07) is 10.1. The van der Waals surface area contributed by atoms with Gasteiger partial charge in [0.25, 0.3) is 0 Å². The van der Waals surface area contributed by atoms with Crippen LogP contribution in [0.2, 0.25) is 0 Å². The standard InChI is InChI=1S/C20H23N5O2/c1-13(18-23-22-14(2)26-18)25-11-16-9-6-10-20(16,12-25)19-21-17(24-27-19)15-7-4-3-5-8-15/h3-5,7-8,13,16H,6,9-12H2,1-2H3/t13-,16+,20+/m0/s1. The minimum atomic E-state index is -0.0661. The van der Waals surface area contributed by atoms with Crippen LogP contribution < -0.4 is 0 Å². The van der Waals surface area contributed by atoms with E-state index in [1.54, 1.807) is 0 Å². The van der Waals surface area contributed by atoms with Crippen molar-refractivity contribution in [2.24, 2.45) is 5.92 Å². The fourth-order valence-electron chi connectivity index (χ4n) is 4.74. The Morgan fingerprint density at radius 3 is 2.85 bits per heavy atom. The molecule has 0 spiro atoms. The van der Waals surface area contributed by atoms with Crippen LogP contribution in [-0.4, -0.2) is 38.3 Å². The molecule has 1 saturated carbocycles. The molecular formula is C20H23N5O2. The first kappa shape index (κ1) is 16.6. The second kappa shape index (κ2) is 6.27. The number of aromatic nitrogens is 4. The number of nitrogens with zero attached hydrogens (tertiary/aromatic N) is 5. The van der Waals surface area contributed by atoms with E-state index in [4.69, 9.17) is 13.9 Å². The van der Waals surface area contributed by atoms with E-state index in [2.05, 4.69) is 27.2 Å². The fraction of sp³-hybridized carbons (Fsp3) is 0.500. The van der Waals surface area contributed by atoms with Gasteiger partial charge in [0.05, 0.1) is 11.5 Å². The molecule has 27 heavy (non-hydrogen) atoms. The maximum absolute atomic E-state index is 5.81. The summed E-state index contributed by atoms with van der Waals surface area (Å²) < 4.78 is 11.5. The molecule has 0 bridgehead atoms. The van der Waals surface area contributed by atoms with Crippen molar-refractivity contribution in [1.29, 1.82) is 0 Å². The predicted octanol–water partition coefficient (Wildman–Crippen LogP) is 3.54. The van der Waals surface area contributed by atoms with Crippen molar-refractivity contribution in [3.05, 3.63) is 48.0 Å². The summed E-state index contributed by atoms with van der Waals surface area (Å²) in [4.78, 5) is 7.23. The molecule has 1 aromatic carbocycles. The molecule has 2 aromatic heterocycles. The number of rotatable bonds is 4. The van der Waals surface area contributed by atoms with Crippen LogP contribution in [0, 0.1) is 12.8 Å². The van der Waals surface area contributed by atoms with Gasteiger partial charge >= 0.3 is 0 Å². The Morgan fingerprint density at radius 2 is 2.07 bits per heavy atom. The second-order valence-corrected chi connectivity index (χ2v) is 7.80. The Labute approximate surface area is 157 Å². The van der Waals surface area contributed by atoms with Gasteiger partial charge in [-0.15, -0.1) is 10.2 Å². The molecule has 3 atom stereocenters. The summed E-state index contributed by atoms with van der Waals surface area (Å²) in [7, 11) is 0. The minimum absolute atomic E-state index is 0.0661. The number of fused-ring (bicyclic) bond motifs is 1. The van der Waals surface area contributed by atoms with Gasteiger partial charge in [-0.1, -0.05) is 41.9 Å². The number of hydrogen-bond donors (Lipinski definition) is 0. The third-order valence-corrected chi connectivity index (χ3v) is 6.23. The number of aryl methyl sites for hydroxylation is 1. The highest BCUT2D eigenvalue weighted by molar-refractivity contribution is 5.53. The highest BCUT2D eigenvalue weighted by Gasteiger charge is 2.55. The molecule has 2 aliphatic rings. The van der Waals surface area contributed by atoms with Crippen LogP contribution in [-0.2, 0) is 5.41 Å². The zero-order valence-electron chi connectivity index (χ0n) is 15.6. The first-order valence-electron chi connectivity index (χ1n) is 9.59. The van der Waals surface area contributed by atoms with Gasteiger partial charge in [-0.3, -0.25) is 4.90 Å². The van der Waals surface area contributed by atoms with E-state index in [0.717, 1.165) is 31.0 Å². The quantitative estimate of drug-likeness (QED) is 0.699. The third-order valence-electron chi connectivity index (χ3n) is 6.23. The van der Waals surface area contributed by atoms with Crippen LogP contribution in [0.25, 0.3) is 11.4 Å². The Morgan fingerprint density at radius 1 is 1.22 bits per heavy atom. The molecule has 0 radical (unpaired) electrons. The maximum Gasteiger partial charge on any atom is 0.234 e. The molecule has 7 nitrogen and oxygen atoms in total. The van der Waals surface area contributed by atoms with Gasteiger partial charge < -0.3 is 8.94 Å². The summed E-state index contributed by atoms with van der Waals surface area (Å²) in [5, 5.41) is 12.5. The second-order valence-electron chi connectivity index (χ2n) is 7.80. The Kier molecular flexibility index (Phi) is 3.86. The Bertz CT molecular complexity index is 937. The van der Waals surface area contributed by atoms with Gasteiger partial charge in [0, 0.05) is 25.6 Å². The molecule has 1 aliphatic carbocycles. The normalized spacial score (nSPS) is 26.4. The Balaban J connectivity index is 1.44. The molecule has 1 aliphatic heterocycles. The maximum atomic E-state index is 5.81. The van der Waals surface area contributed by atoms with Gasteiger partial charge in [0.2, 0.25) is 23.5 Å². The van der Waals surface area contributed by atoms with Crippen molar-refractivity contribution < 1.29 is 8.94 Å². The lowest BCUT2D eigenvalue weighted by molar-refractivity contribution is 0.193. The largest absolute Gasteiger partial charge is 0.424 e. The van der Waals surface area contributed by atoms with E-state index in [9.17, 15) is 0 Å². The van der Waals surface area contributed by atoms with E-state index in [-0.39, 0.29) is 11.5 Å². The van der Waals surface area contributed by atoms with Crippen molar-refractivity contribution in [3.63, 3.8) is 0 Å². The number of likely N-dealkylation sites (tertiary alicyclic amines) is 1. The van der Waals surface area contributed by atoms with E-state index >= 15 is 0 Å². The molecule has 0 amide bonds. The summed E-state index contributed by atoms with van der Waals surface area (Å²) in [6.45, 7) is 5.83. The van der Waals surface area contributed by atoms with Gasteiger partial charge in [-0.05, 0) is 25.7 Å². The molecule has 140 valence electrons. The molecule has 1 saturated heterocycles. The lowest BCUT2D eigenvalue weighted by Crippen LogP contribution is -2.33. The van der Waals surface area contributed by atoms with Gasteiger partial charge in [0.15, 0.2) is 0 Å². The van der Waals surface area contributed by atoms with Crippen LogP contribution in [0.15, 0.2) is 39.3 Å². The smallest absolute Gasteiger partial charge is 0.234 e. The van der Waals surface area contributed by atoms with Crippen LogP contribution in [0.5, 0.6) is 0 Å². The molecule has 0 unspecified atom stereocenters. The monoisotopic (exact) mass is 365 g/mol. The molecule has 0 N–H and O–H groups in total. The zero-order chi connectivity index (χ0) is 18.4. The predicted molar refractivity (Wildman–Crippen MR) is 97.8 cm³/mol. The van der Waals surface area contributed by atoms with Gasteiger partial charge in [-0.2, -0.15) is 4.98 Å². The summed E-state index contributed by atoms with van der Waals surface area (Å²) >= 11 is 0. The third kappa shape index (κ3) is 2.68. The van der Waals surface area contributed by atoms with Crippen molar-refractivity contribution in [3.8, 4) is 11.4 Å². The van der Waals surface area contributed by atoms with Crippen LogP contribution in [0.4, 0.5) is 0 Å². The fourth-order valence-corrected chi connectivity index (χ4v) is 4.74. The molecular weight excluding hydrogens is 342 g/mol. The highest BCUT2D eigenvalue weighted by Crippen LogP contribution is 2.51. The lowest BCUT2D eigenvalue weighted by atomic mass is 9.80. The first-order chi connectivity index (χ1) is 13.2. The highest BCUT2D eigenvalue weighted by atomic mass is 16.5. The summed E-state index contributed by atoms with van der Waals surface area (Å²) in [5.74, 6) is 3.26. The average molecular weight is 365 g/mol. The molecule has 2 fully saturated rings. The molecule has 3 aromatic rings. The summed E-state index contributed by atoms with van der Waals surface area (Å²) in [5.41, 5.74) is 0.923. The lowest BCUT2D eigenvalue weighted by Gasteiger charge is -2.26. The van der Waals surface area contributed by atoms with E-state index in [0.29, 0.717) is 23.5 Å². The zero-order valence-corrected chi connectivity index (χ0v) is 15.6. The average Bonchev–Trinajstić information content (AvgIpc) is 3.44. The number of benzene rings is 1. The molecule has 7 heteroatoms. The van der Waals surface area contributed by atoms with E-state index < -0.39 is 0 Å². The first-order valence-corrected chi connectivity index (χ1v) is 9.59. The van der Waals surface area contributed by atoms with Crippen molar-refractivity contribution in [2.75, 3.05) is 13.1 Å². The topological polar surface area (TPSA) is 81.1 Å². The van der Waals surface area contributed by atoms with Crippen molar-refractivity contribution in [1.82, 2.24) is 25.2 Å². The van der Waals surface area contributed by atoms with Gasteiger partial charge in [0.1, 0.15) is 0 Å². The molecule has 3 heterocycles. The van der Waals surface area contributed by atoms with E-state index in [1.807, 2.05) is 37.3 Å². The number of hydrogen-bond acceptors (Lipinski definition) is 7. The Hall–Kier alpha value is -2.54. The van der Waals surface area contributed by atoms with Crippen LogP contribution in [0.1, 0.15) is 49.9 Å². The van der Waals surface area contributed by atoms with E-state index in [1.165, 1.54) is 12.8 Å².